The standard InChI is InChI=1S/C23H13ClFI2NO3/c24-17-4-2-1-3-16(17)22-28-20(23(29)31-22)11-14-9-18(26)21(19(27)10-14)30-12-13-5-7-15(25)8-6-13/h1-11H,12H2/b20-11-. The summed E-state index contributed by atoms with van der Waals surface area (Å²) in [5.74, 6) is 0.0973. The largest absolute Gasteiger partial charge is 0.487 e. The van der Waals surface area contributed by atoms with Crippen molar-refractivity contribution in [2.24, 2.45) is 4.99 Å². The van der Waals surface area contributed by atoms with Crippen LogP contribution in [0.3, 0.4) is 0 Å². The Morgan fingerprint density at radius 3 is 2.42 bits per heavy atom. The molecule has 0 radical (unpaired) electrons. The van der Waals surface area contributed by atoms with Gasteiger partial charge in [0, 0.05) is 0 Å². The third kappa shape index (κ3) is 5.27. The number of carbonyl (C=O) groups excluding carboxylic acids is 1. The highest BCUT2D eigenvalue weighted by atomic mass is 127. The highest BCUT2D eigenvalue weighted by molar-refractivity contribution is 14.1. The summed E-state index contributed by atoms with van der Waals surface area (Å²) in [6.07, 6.45) is 1.67. The molecule has 4 nitrogen and oxygen atoms in total. The van der Waals surface area contributed by atoms with E-state index in [1.54, 1.807) is 42.5 Å². The molecule has 0 spiro atoms. The van der Waals surface area contributed by atoms with Crippen molar-refractivity contribution in [3.63, 3.8) is 0 Å². The lowest BCUT2D eigenvalue weighted by Crippen LogP contribution is -2.05. The van der Waals surface area contributed by atoms with E-state index in [0.717, 1.165) is 24.0 Å². The molecule has 0 amide bonds. The topological polar surface area (TPSA) is 47.9 Å². The Kier molecular flexibility index (Phi) is 6.92. The molecule has 0 saturated heterocycles. The van der Waals surface area contributed by atoms with E-state index in [4.69, 9.17) is 21.1 Å². The van der Waals surface area contributed by atoms with Gasteiger partial charge in [0.2, 0.25) is 5.90 Å². The van der Waals surface area contributed by atoms with Crippen molar-refractivity contribution in [3.05, 3.63) is 101 Å². The number of nitrogens with zero attached hydrogens (tertiary/aromatic N) is 1. The van der Waals surface area contributed by atoms with Gasteiger partial charge in [-0.1, -0.05) is 35.9 Å². The van der Waals surface area contributed by atoms with Gasteiger partial charge in [-0.05, 0) is 98.8 Å². The molecule has 0 fully saturated rings. The van der Waals surface area contributed by atoms with Gasteiger partial charge in [-0.3, -0.25) is 0 Å². The summed E-state index contributed by atoms with van der Waals surface area (Å²) >= 11 is 10.5. The molecule has 0 atom stereocenters. The summed E-state index contributed by atoms with van der Waals surface area (Å²) in [7, 11) is 0. The number of ether oxygens (including phenoxy) is 2. The van der Waals surface area contributed by atoms with E-state index < -0.39 is 5.97 Å². The second-order valence-electron chi connectivity index (χ2n) is 6.54. The number of hydrogen-bond donors (Lipinski definition) is 0. The van der Waals surface area contributed by atoms with Crippen molar-refractivity contribution in [3.8, 4) is 5.75 Å². The second kappa shape index (κ2) is 9.66. The number of esters is 1. The number of benzene rings is 3. The SMILES string of the molecule is O=C1OC(c2ccccc2Cl)=N/C1=C\c1cc(I)c(OCc2ccc(F)cc2)c(I)c1. The Labute approximate surface area is 210 Å². The number of hydrogen-bond acceptors (Lipinski definition) is 4. The summed E-state index contributed by atoms with van der Waals surface area (Å²) in [5, 5.41) is 0.460. The highest BCUT2D eigenvalue weighted by Crippen LogP contribution is 2.31. The number of aliphatic imine (C=N–C) groups is 1. The Bertz CT molecular complexity index is 1200. The van der Waals surface area contributed by atoms with Crippen molar-refractivity contribution in [2.75, 3.05) is 0 Å². The molecule has 1 heterocycles. The molecule has 156 valence electrons. The maximum Gasteiger partial charge on any atom is 0.363 e. The van der Waals surface area contributed by atoms with Crippen LogP contribution < -0.4 is 4.74 Å². The first-order valence-corrected chi connectivity index (χ1v) is 11.6. The first kappa shape index (κ1) is 22.2. The Morgan fingerprint density at radius 1 is 1.06 bits per heavy atom. The minimum Gasteiger partial charge on any atom is -0.487 e. The van der Waals surface area contributed by atoms with Crippen LogP contribution in [0.25, 0.3) is 6.08 Å². The number of rotatable bonds is 5. The van der Waals surface area contributed by atoms with Crippen molar-refractivity contribution < 1.29 is 18.7 Å². The van der Waals surface area contributed by atoms with E-state index in [0.29, 0.717) is 17.2 Å². The van der Waals surface area contributed by atoms with Crippen LogP contribution in [0.1, 0.15) is 16.7 Å². The zero-order chi connectivity index (χ0) is 22.0. The van der Waals surface area contributed by atoms with Crippen molar-refractivity contribution >= 4 is 74.7 Å². The molecule has 31 heavy (non-hydrogen) atoms. The zero-order valence-electron chi connectivity index (χ0n) is 15.7. The Balaban J connectivity index is 1.56. The molecule has 0 N–H and O–H groups in total. The molecule has 0 saturated carbocycles. The van der Waals surface area contributed by atoms with E-state index in [9.17, 15) is 9.18 Å². The van der Waals surface area contributed by atoms with E-state index in [2.05, 4.69) is 50.2 Å². The van der Waals surface area contributed by atoms with Gasteiger partial charge in [0.05, 0.1) is 17.7 Å². The summed E-state index contributed by atoms with van der Waals surface area (Å²) in [6, 6.07) is 17.0. The number of cyclic esters (lactones) is 1. The van der Waals surface area contributed by atoms with Crippen LogP contribution in [0.5, 0.6) is 5.75 Å². The van der Waals surface area contributed by atoms with Crippen LogP contribution in [-0.4, -0.2) is 11.9 Å². The van der Waals surface area contributed by atoms with E-state index in [-0.39, 0.29) is 17.4 Å². The fraction of sp³-hybridized carbons (Fsp3) is 0.0435. The van der Waals surface area contributed by atoms with Gasteiger partial charge in [0.25, 0.3) is 0 Å². The van der Waals surface area contributed by atoms with Crippen LogP contribution in [0, 0.1) is 13.0 Å². The van der Waals surface area contributed by atoms with Gasteiger partial charge >= 0.3 is 5.97 Å². The van der Waals surface area contributed by atoms with Gasteiger partial charge in [-0.2, -0.15) is 0 Å². The molecule has 1 aliphatic heterocycles. The molecule has 3 aromatic rings. The van der Waals surface area contributed by atoms with E-state index in [1.807, 2.05) is 12.1 Å². The molecule has 8 heteroatoms. The third-order valence-electron chi connectivity index (χ3n) is 4.35. The summed E-state index contributed by atoms with van der Waals surface area (Å²) in [4.78, 5) is 16.6. The summed E-state index contributed by atoms with van der Waals surface area (Å²) in [5.41, 5.74) is 2.42. The monoisotopic (exact) mass is 659 g/mol. The summed E-state index contributed by atoms with van der Waals surface area (Å²) in [6.45, 7) is 0.324. The smallest absolute Gasteiger partial charge is 0.363 e. The van der Waals surface area contributed by atoms with Crippen LogP contribution in [0.2, 0.25) is 5.02 Å². The predicted octanol–water partition coefficient (Wildman–Crippen LogP) is 6.61. The maximum atomic E-state index is 13.1. The van der Waals surface area contributed by atoms with E-state index >= 15 is 0 Å². The first-order valence-electron chi connectivity index (χ1n) is 9.04. The van der Waals surface area contributed by atoms with Crippen molar-refractivity contribution in [2.45, 2.75) is 6.61 Å². The van der Waals surface area contributed by atoms with Crippen LogP contribution in [-0.2, 0) is 16.1 Å². The van der Waals surface area contributed by atoms with Crippen molar-refractivity contribution in [1.82, 2.24) is 0 Å². The highest BCUT2D eigenvalue weighted by Gasteiger charge is 2.25. The van der Waals surface area contributed by atoms with E-state index in [1.165, 1.54) is 12.1 Å². The minimum atomic E-state index is -0.531. The summed E-state index contributed by atoms with van der Waals surface area (Å²) < 4.78 is 26.0. The molecular formula is C23H13ClFI2NO3. The predicted molar refractivity (Wildman–Crippen MR) is 135 cm³/mol. The molecule has 0 bridgehead atoms. The Hall–Kier alpha value is -1.98. The second-order valence-corrected chi connectivity index (χ2v) is 9.28. The van der Waals surface area contributed by atoms with Crippen LogP contribution >= 0.6 is 56.8 Å². The normalized spacial score (nSPS) is 14.5. The third-order valence-corrected chi connectivity index (χ3v) is 6.28. The fourth-order valence-corrected chi connectivity index (χ4v) is 5.20. The Morgan fingerprint density at radius 2 is 1.74 bits per heavy atom. The van der Waals surface area contributed by atoms with Gasteiger partial charge in [-0.25, -0.2) is 14.2 Å². The quantitative estimate of drug-likeness (QED) is 0.176. The molecule has 0 aliphatic carbocycles. The molecule has 0 aromatic heterocycles. The maximum absolute atomic E-state index is 13.1. The first-order chi connectivity index (χ1) is 14.9. The average molecular weight is 660 g/mol. The van der Waals surface area contributed by atoms with Crippen LogP contribution in [0.15, 0.2) is 71.4 Å². The van der Waals surface area contributed by atoms with Crippen molar-refractivity contribution in [1.29, 1.82) is 0 Å². The van der Waals surface area contributed by atoms with Gasteiger partial charge < -0.3 is 9.47 Å². The van der Waals surface area contributed by atoms with Crippen LogP contribution in [0.4, 0.5) is 4.39 Å². The molecule has 4 rings (SSSR count). The number of carbonyl (C=O) groups is 1. The van der Waals surface area contributed by atoms with Gasteiger partial charge in [0.15, 0.2) is 5.70 Å². The lowest BCUT2D eigenvalue weighted by Gasteiger charge is -2.11. The van der Waals surface area contributed by atoms with Gasteiger partial charge in [0.1, 0.15) is 18.2 Å². The zero-order valence-corrected chi connectivity index (χ0v) is 20.8. The average Bonchev–Trinajstić information content (AvgIpc) is 3.09. The molecule has 1 aliphatic rings. The van der Waals surface area contributed by atoms with Gasteiger partial charge in [-0.15, -0.1) is 0 Å². The minimum absolute atomic E-state index is 0.186. The number of halogens is 4. The molecule has 0 unspecified atom stereocenters. The fourth-order valence-electron chi connectivity index (χ4n) is 2.85. The molecule has 3 aromatic carbocycles. The lowest BCUT2D eigenvalue weighted by molar-refractivity contribution is -0.129. The lowest BCUT2D eigenvalue weighted by atomic mass is 10.2. The molecular weight excluding hydrogens is 647 g/mol.